The maximum Gasteiger partial charge on any atom is 0.0534 e. The Hall–Kier alpha value is -0.830. The molecule has 1 fully saturated rings. The Balaban J connectivity index is 1.79. The van der Waals surface area contributed by atoms with Crippen molar-refractivity contribution in [3.05, 3.63) is 18.0 Å². The van der Waals surface area contributed by atoms with Crippen LogP contribution in [0, 0.1) is 0 Å². The summed E-state index contributed by atoms with van der Waals surface area (Å²) in [6, 6.07) is 1.19. The van der Waals surface area contributed by atoms with Crippen molar-refractivity contribution in [2.24, 2.45) is 0 Å². The lowest BCUT2D eigenvalue weighted by molar-refractivity contribution is 0.372. The van der Waals surface area contributed by atoms with Gasteiger partial charge in [0.25, 0.3) is 0 Å². The van der Waals surface area contributed by atoms with Gasteiger partial charge in [0.15, 0.2) is 0 Å². The van der Waals surface area contributed by atoms with Gasteiger partial charge in [-0.2, -0.15) is 5.10 Å². The van der Waals surface area contributed by atoms with E-state index in [4.69, 9.17) is 0 Å². The summed E-state index contributed by atoms with van der Waals surface area (Å²) in [7, 11) is 0. The quantitative estimate of drug-likeness (QED) is 0.847. The molecule has 16 heavy (non-hydrogen) atoms. The van der Waals surface area contributed by atoms with Crippen LogP contribution in [-0.4, -0.2) is 15.8 Å². The largest absolute Gasteiger partial charge is 0.310 e. The molecule has 3 nitrogen and oxygen atoms in total. The topological polar surface area (TPSA) is 29.9 Å². The van der Waals surface area contributed by atoms with Gasteiger partial charge in [-0.3, -0.25) is 4.68 Å². The Labute approximate surface area is 98.2 Å². The molecule has 0 unspecified atom stereocenters. The Kier molecular flexibility index (Phi) is 3.99. The highest BCUT2D eigenvalue weighted by atomic mass is 15.3. The number of hydrogen-bond acceptors (Lipinski definition) is 2. The summed E-state index contributed by atoms with van der Waals surface area (Å²) in [6.45, 7) is 5.29. The smallest absolute Gasteiger partial charge is 0.0534 e. The molecule has 0 spiro atoms. The summed E-state index contributed by atoms with van der Waals surface area (Å²) in [5, 5.41) is 7.99. The number of nitrogens with zero attached hydrogens (tertiary/aromatic N) is 2. The minimum atomic E-state index is 0.462. The molecule has 1 heterocycles. The molecule has 0 amide bonds. The van der Waals surface area contributed by atoms with E-state index < -0.39 is 0 Å². The lowest BCUT2D eigenvalue weighted by atomic mass is 9.95. The molecule has 3 heteroatoms. The minimum Gasteiger partial charge on any atom is -0.310 e. The van der Waals surface area contributed by atoms with Crippen LogP contribution in [-0.2, 0) is 6.54 Å². The second kappa shape index (κ2) is 5.48. The molecular formula is C13H23N3. The number of nitrogens with one attached hydrogen (secondary N) is 1. The highest BCUT2D eigenvalue weighted by molar-refractivity contribution is 5.04. The predicted molar refractivity (Wildman–Crippen MR) is 66.3 cm³/mol. The Morgan fingerprint density at radius 3 is 2.75 bits per heavy atom. The first-order valence-corrected chi connectivity index (χ1v) is 6.52. The normalized spacial score (nSPS) is 18.2. The van der Waals surface area contributed by atoms with Crippen LogP contribution < -0.4 is 5.32 Å². The lowest BCUT2D eigenvalue weighted by Gasteiger charge is -2.22. The van der Waals surface area contributed by atoms with Crippen LogP contribution >= 0.6 is 0 Å². The molecule has 1 N–H and O–H groups in total. The lowest BCUT2D eigenvalue weighted by Crippen LogP contribution is -2.30. The molecule has 0 radical (unpaired) electrons. The van der Waals surface area contributed by atoms with Gasteiger partial charge in [0.05, 0.1) is 6.20 Å². The average molecular weight is 221 g/mol. The van der Waals surface area contributed by atoms with Crippen molar-refractivity contribution in [1.82, 2.24) is 15.1 Å². The van der Waals surface area contributed by atoms with E-state index in [-0.39, 0.29) is 0 Å². The van der Waals surface area contributed by atoms with Crippen LogP contribution in [0.1, 0.15) is 57.6 Å². The summed E-state index contributed by atoms with van der Waals surface area (Å²) in [5.41, 5.74) is 1.30. The fourth-order valence-corrected chi connectivity index (χ4v) is 2.32. The summed E-state index contributed by atoms with van der Waals surface area (Å²) < 4.78 is 2.03. The first kappa shape index (κ1) is 11.6. The van der Waals surface area contributed by atoms with Gasteiger partial charge >= 0.3 is 0 Å². The van der Waals surface area contributed by atoms with Gasteiger partial charge in [0.2, 0.25) is 0 Å². The molecule has 0 bridgehead atoms. The van der Waals surface area contributed by atoms with Gasteiger partial charge in [0, 0.05) is 30.4 Å². The van der Waals surface area contributed by atoms with Crippen molar-refractivity contribution in [3.63, 3.8) is 0 Å². The fraction of sp³-hybridized carbons (Fsp3) is 0.769. The Morgan fingerprint density at radius 2 is 2.12 bits per heavy atom. The molecule has 0 aromatic carbocycles. The third kappa shape index (κ3) is 3.08. The first-order valence-electron chi connectivity index (χ1n) is 6.52. The van der Waals surface area contributed by atoms with Crippen molar-refractivity contribution >= 4 is 0 Å². The molecule has 0 aliphatic heterocycles. The van der Waals surface area contributed by atoms with E-state index in [0.29, 0.717) is 6.04 Å². The molecule has 1 aromatic rings. The second-order valence-corrected chi connectivity index (χ2v) is 5.14. The molecule has 1 aromatic heterocycles. The van der Waals surface area contributed by atoms with Crippen LogP contribution in [0.4, 0.5) is 0 Å². The van der Waals surface area contributed by atoms with Crippen LogP contribution in [0.15, 0.2) is 12.4 Å². The number of aromatic nitrogens is 2. The third-order valence-corrected chi connectivity index (χ3v) is 3.38. The standard InChI is InChI=1S/C13H23N3/c1-11(2)16-10-12(9-15-16)8-14-13-6-4-3-5-7-13/h9-11,13-14H,3-8H2,1-2H3. The van der Waals surface area contributed by atoms with Crippen LogP contribution in [0.25, 0.3) is 0 Å². The van der Waals surface area contributed by atoms with Gasteiger partial charge in [0.1, 0.15) is 0 Å². The zero-order valence-corrected chi connectivity index (χ0v) is 10.4. The SMILES string of the molecule is CC(C)n1cc(CNC2CCCCC2)cn1. The summed E-state index contributed by atoms with van der Waals surface area (Å²) >= 11 is 0. The summed E-state index contributed by atoms with van der Waals surface area (Å²) in [4.78, 5) is 0. The van der Waals surface area contributed by atoms with E-state index in [1.807, 2.05) is 10.9 Å². The fourth-order valence-electron chi connectivity index (χ4n) is 2.32. The zero-order chi connectivity index (χ0) is 11.4. The van der Waals surface area contributed by atoms with Gasteiger partial charge in [-0.1, -0.05) is 19.3 Å². The van der Waals surface area contributed by atoms with Gasteiger partial charge in [-0.15, -0.1) is 0 Å². The molecule has 1 aliphatic rings. The van der Waals surface area contributed by atoms with E-state index in [1.54, 1.807) is 0 Å². The second-order valence-electron chi connectivity index (χ2n) is 5.14. The maximum atomic E-state index is 4.36. The van der Waals surface area contributed by atoms with Crippen LogP contribution in [0.5, 0.6) is 0 Å². The van der Waals surface area contributed by atoms with Crippen molar-refractivity contribution in [2.45, 2.75) is 64.6 Å². The van der Waals surface area contributed by atoms with Crippen LogP contribution in [0.2, 0.25) is 0 Å². The summed E-state index contributed by atoms with van der Waals surface area (Å²) in [6.07, 6.45) is 11.0. The third-order valence-electron chi connectivity index (χ3n) is 3.38. The van der Waals surface area contributed by atoms with Gasteiger partial charge in [-0.25, -0.2) is 0 Å². The average Bonchev–Trinajstić information content (AvgIpc) is 2.76. The van der Waals surface area contributed by atoms with Crippen LogP contribution in [0.3, 0.4) is 0 Å². The van der Waals surface area contributed by atoms with Crippen molar-refractivity contribution < 1.29 is 0 Å². The van der Waals surface area contributed by atoms with E-state index in [0.717, 1.165) is 12.6 Å². The molecule has 2 rings (SSSR count). The number of hydrogen-bond donors (Lipinski definition) is 1. The first-order chi connectivity index (χ1) is 7.75. The minimum absolute atomic E-state index is 0.462. The molecule has 90 valence electrons. The van der Waals surface area contributed by atoms with Crippen molar-refractivity contribution in [2.75, 3.05) is 0 Å². The summed E-state index contributed by atoms with van der Waals surface area (Å²) in [5.74, 6) is 0. The van der Waals surface area contributed by atoms with E-state index in [1.165, 1.54) is 37.7 Å². The van der Waals surface area contributed by atoms with Crippen molar-refractivity contribution in [3.8, 4) is 0 Å². The highest BCUT2D eigenvalue weighted by Gasteiger charge is 2.12. The van der Waals surface area contributed by atoms with Gasteiger partial charge < -0.3 is 5.32 Å². The van der Waals surface area contributed by atoms with Crippen molar-refractivity contribution in [1.29, 1.82) is 0 Å². The van der Waals surface area contributed by atoms with E-state index >= 15 is 0 Å². The maximum absolute atomic E-state index is 4.36. The Bertz CT molecular complexity index is 311. The van der Waals surface area contributed by atoms with E-state index in [2.05, 4.69) is 30.5 Å². The zero-order valence-electron chi connectivity index (χ0n) is 10.4. The molecule has 1 aliphatic carbocycles. The molecule has 0 saturated heterocycles. The Morgan fingerprint density at radius 1 is 1.38 bits per heavy atom. The molecular weight excluding hydrogens is 198 g/mol. The molecule has 0 atom stereocenters. The van der Waals surface area contributed by atoms with E-state index in [9.17, 15) is 0 Å². The predicted octanol–water partition coefficient (Wildman–Crippen LogP) is 2.89. The monoisotopic (exact) mass is 221 g/mol. The number of rotatable bonds is 4. The highest BCUT2D eigenvalue weighted by Crippen LogP contribution is 2.17. The molecule has 1 saturated carbocycles. The van der Waals surface area contributed by atoms with Gasteiger partial charge in [-0.05, 0) is 26.7 Å².